The van der Waals surface area contributed by atoms with Gasteiger partial charge in [-0.25, -0.2) is 5.01 Å². The molecule has 0 aromatic rings. The number of aliphatic carboxylic acids is 1. The van der Waals surface area contributed by atoms with Crippen LogP contribution in [0.2, 0.25) is 0 Å². The van der Waals surface area contributed by atoms with Gasteiger partial charge in [0.1, 0.15) is 0 Å². The van der Waals surface area contributed by atoms with Crippen molar-refractivity contribution in [3.05, 3.63) is 0 Å². The molecule has 0 spiro atoms. The Kier molecular flexibility index (Phi) is 32.9. The minimum atomic E-state index is -0.651. The van der Waals surface area contributed by atoms with E-state index in [2.05, 4.69) is 38.1 Å². The summed E-state index contributed by atoms with van der Waals surface area (Å²) in [6, 6.07) is 0. The van der Waals surface area contributed by atoms with Gasteiger partial charge in [0.2, 0.25) is 0 Å². The van der Waals surface area contributed by atoms with E-state index in [1.54, 1.807) is 0 Å². The van der Waals surface area contributed by atoms with Crippen molar-refractivity contribution in [1.82, 2.24) is 10.4 Å². The Morgan fingerprint density at radius 2 is 0.879 bits per heavy atom. The summed E-state index contributed by atoms with van der Waals surface area (Å²) < 4.78 is 0. The molecule has 0 heterocycles. The van der Waals surface area contributed by atoms with Crippen molar-refractivity contribution in [2.75, 3.05) is 19.6 Å². The van der Waals surface area contributed by atoms with Gasteiger partial charge >= 0.3 is 5.97 Å². The standard InChI is InChI=1S/C22H44O2.C7H18N2/c1-2-3-4-5-6-7-8-9-10-11-12-13-14-15-16-17-18-19-20-21-22(23)24;1-4-7-8-9(5-2)6-3/h2-21H2,1H3,(H,23,24);8H,4-7H2,1-3H3. The molecule has 0 aromatic carbocycles. The fraction of sp³-hybridized carbons (Fsp3) is 0.966. The molecule has 33 heavy (non-hydrogen) atoms. The summed E-state index contributed by atoms with van der Waals surface area (Å²) in [4.78, 5) is 10.4. The minimum Gasteiger partial charge on any atom is -0.481 e. The monoisotopic (exact) mass is 470 g/mol. The van der Waals surface area contributed by atoms with Crippen LogP contribution in [-0.2, 0) is 4.79 Å². The summed E-state index contributed by atoms with van der Waals surface area (Å²) in [7, 11) is 0. The normalized spacial score (nSPS) is 10.9. The third-order valence-corrected chi connectivity index (χ3v) is 6.34. The largest absolute Gasteiger partial charge is 0.481 e. The van der Waals surface area contributed by atoms with E-state index in [1.807, 2.05) is 0 Å². The van der Waals surface area contributed by atoms with Crippen molar-refractivity contribution >= 4 is 5.97 Å². The lowest BCUT2D eigenvalue weighted by Gasteiger charge is -2.18. The highest BCUT2D eigenvalue weighted by atomic mass is 16.4. The van der Waals surface area contributed by atoms with Gasteiger partial charge in [-0.2, -0.15) is 0 Å². The van der Waals surface area contributed by atoms with Gasteiger partial charge in [0.25, 0.3) is 0 Å². The summed E-state index contributed by atoms with van der Waals surface area (Å²) in [5, 5.41) is 10.8. The Balaban J connectivity index is 0. The minimum absolute atomic E-state index is 0.346. The third kappa shape index (κ3) is 33.6. The Bertz CT molecular complexity index is 360. The molecule has 0 rings (SSSR count). The van der Waals surface area contributed by atoms with E-state index in [4.69, 9.17) is 5.11 Å². The number of hydrazine groups is 1. The molecule has 200 valence electrons. The van der Waals surface area contributed by atoms with Crippen LogP contribution in [0.4, 0.5) is 0 Å². The number of rotatable bonds is 25. The molecule has 0 bridgehead atoms. The predicted molar refractivity (Wildman–Crippen MR) is 147 cm³/mol. The van der Waals surface area contributed by atoms with Crippen LogP contribution in [0.25, 0.3) is 0 Å². The number of carbonyl (C=O) groups is 1. The molecule has 4 nitrogen and oxygen atoms in total. The van der Waals surface area contributed by atoms with Crippen LogP contribution >= 0.6 is 0 Å². The summed E-state index contributed by atoms with van der Waals surface area (Å²) in [5.74, 6) is -0.651. The van der Waals surface area contributed by atoms with Gasteiger partial charge in [0.15, 0.2) is 0 Å². The molecule has 0 saturated heterocycles. The van der Waals surface area contributed by atoms with Crippen LogP contribution < -0.4 is 5.43 Å². The van der Waals surface area contributed by atoms with Crippen LogP contribution in [-0.4, -0.2) is 35.7 Å². The second-order valence-electron chi connectivity index (χ2n) is 9.59. The van der Waals surface area contributed by atoms with E-state index in [1.165, 1.54) is 116 Å². The maximum absolute atomic E-state index is 10.4. The van der Waals surface area contributed by atoms with Crippen molar-refractivity contribution in [2.24, 2.45) is 0 Å². The highest BCUT2D eigenvalue weighted by Gasteiger charge is 1.97. The van der Waals surface area contributed by atoms with Gasteiger partial charge < -0.3 is 5.11 Å². The lowest BCUT2D eigenvalue weighted by Crippen LogP contribution is -2.37. The van der Waals surface area contributed by atoms with Gasteiger partial charge in [0, 0.05) is 26.1 Å². The first-order valence-electron chi connectivity index (χ1n) is 14.8. The molecule has 4 heteroatoms. The molecule has 0 aliphatic rings. The first-order valence-corrected chi connectivity index (χ1v) is 14.8. The number of carboxylic acid groups (broad SMARTS) is 1. The SMILES string of the molecule is CCCCCCCCCCCCCCCCCCCCCC(=O)O.CCCNN(CC)CC. The first-order chi connectivity index (χ1) is 16.1. The van der Waals surface area contributed by atoms with Crippen LogP contribution in [0.1, 0.15) is 163 Å². The molecule has 0 fully saturated rings. The zero-order valence-corrected chi connectivity index (χ0v) is 23.3. The van der Waals surface area contributed by atoms with Crippen molar-refractivity contribution in [1.29, 1.82) is 0 Å². The van der Waals surface area contributed by atoms with Crippen LogP contribution in [0, 0.1) is 0 Å². The van der Waals surface area contributed by atoms with E-state index < -0.39 is 5.97 Å². The smallest absolute Gasteiger partial charge is 0.303 e. The molecular formula is C29H62N2O2. The van der Waals surface area contributed by atoms with Crippen LogP contribution in [0.5, 0.6) is 0 Å². The number of unbranched alkanes of at least 4 members (excludes halogenated alkanes) is 18. The first kappa shape index (κ1) is 34.6. The van der Waals surface area contributed by atoms with E-state index in [9.17, 15) is 4.79 Å². The number of hydrogen-bond donors (Lipinski definition) is 2. The molecular weight excluding hydrogens is 408 g/mol. The fourth-order valence-electron chi connectivity index (χ4n) is 4.07. The quantitative estimate of drug-likeness (QED) is 0.103. The zero-order valence-electron chi connectivity index (χ0n) is 23.3. The average Bonchev–Trinajstić information content (AvgIpc) is 2.81. The summed E-state index contributed by atoms with van der Waals surface area (Å²) >= 11 is 0. The van der Waals surface area contributed by atoms with E-state index >= 15 is 0 Å². The highest BCUT2D eigenvalue weighted by Crippen LogP contribution is 2.14. The van der Waals surface area contributed by atoms with Crippen molar-refractivity contribution in [2.45, 2.75) is 163 Å². The van der Waals surface area contributed by atoms with Crippen molar-refractivity contribution in [3.8, 4) is 0 Å². The molecule has 0 saturated carbocycles. The highest BCUT2D eigenvalue weighted by molar-refractivity contribution is 5.66. The average molecular weight is 471 g/mol. The summed E-state index contributed by atoms with van der Waals surface area (Å²) in [5.41, 5.74) is 3.30. The Morgan fingerprint density at radius 3 is 1.15 bits per heavy atom. The fourth-order valence-corrected chi connectivity index (χ4v) is 4.07. The van der Waals surface area contributed by atoms with Gasteiger partial charge in [-0.05, 0) is 12.8 Å². The number of nitrogens with zero attached hydrogens (tertiary/aromatic N) is 1. The molecule has 0 atom stereocenters. The van der Waals surface area contributed by atoms with Gasteiger partial charge in [0.05, 0.1) is 0 Å². The Morgan fingerprint density at radius 1 is 0.545 bits per heavy atom. The molecule has 0 amide bonds. The predicted octanol–water partition coefficient (Wildman–Crippen LogP) is 9.14. The third-order valence-electron chi connectivity index (χ3n) is 6.34. The van der Waals surface area contributed by atoms with E-state index in [0.717, 1.165) is 32.5 Å². The molecule has 0 radical (unpaired) electrons. The van der Waals surface area contributed by atoms with Crippen molar-refractivity contribution < 1.29 is 9.90 Å². The molecule has 0 aliphatic carbocycles. The number of nitrogens with one attached hydrogen (secondary N) is 1. The van der Waals surface area contributed by atoms with Gasteiger partial charge in [-0.1, -0.05) is 143 Å². The lowest BCUT2D eigenvalue weighted by atomic mass is 10.0. The van der Waals surface area contributed by atoms with Gasteiger partial charge in [-0.3, -0.25) is 10.2 Å². The summed E-state index contributed by atoms with van der Waals surface area (Å²) in [6.45, 7) is 12.1. The molecule has 0 aromatic heterocycles. The molecule has 0 aliphatic heterocycles. The molecule has 2 N–H and O–H groups in total. The van der Waals surface area contributed by atoms with E-state index in [0.29, 0.717) is 6.42 Å². The maximum atomic E-state index is 10.4. The number of hydrogen-bond acceptors (Lipinski definition) is 3. The zero-order chi connectivity index (χ0) is 24.8. The second kappa shape index (κ2) is 31.4. The molecule has 0 unspecified atom stereocenters. The number of carboxylic acids is 1. The van der Waals surface area contributed by atoms with Crippen LogP contribution in [0.3, 0.4) is 0 Å². The lowest BCUT2D eigenvalue weighted by molar-refractivity contribution is -0.137. The van der Waals surface area contributed by atoms with Crippen molar-refractivity contribution in [3.63, 3.8) is 0 Å². The topological polar surface area (TPSA) is 52.6 Å². The second-order valence-corrected chi connectivity index (χ2v) is 9.59. The Labute approximate surface area is 208 Å². The summed E-state index contributed by atoms with van der Waals surface area (Å²) in [6.07, 6.45) is 27.3. The Hall–Kier alpha value is -0.610. The van der Waals surface area contributed by atoms with Gasteiger partial charge in [-0.15, -0.1) is 0 Å². The van der Waals surface area contributed by atoms with E-state index in [-0.39, 0.29) is 0 Å². The van der Waals surface area contributed by atoms with Crippen LogP contribution in [0.15, 0.2) is 0 Å². The maximum Gasteiger partial charge on any atom is 0.303 e.